The molecule has 40 heavy (non-hydrogen) atoms. The van der Waals surface area contributed by atoms with Crippen LogP contribution < -0.4 is 15.4 Å². The zero-order chi connectivity index (χ0) is 28.9. The summed E-state index contributed by atoms with van der Waals surface area (Å²) in [6, 6.07) is 5.34. The zero-order valence-corrected chi connectivity index (χ0v) is 22.2. The summed E-state index contributed by atoms with van der Waals surface area (Å²) in [6.45, 7) is 5.89. The fourth-order valence-electron chi connectivity index (χ4n) is 5.10. The van der Waals surface area contributed by atoms with Crippen molar-refractivity contribution >= 4 is 28.7 Å². The molecule has 0 bridgehead atoms. The average Bonchev–Trinajstić information content (AvgIpc) is 3.54. The molecular weight excluding hydrogens is 518 g/mol. The summed E-state index contributed by atoms with van der Waals surface area (Å²) in [7, 11) is 0. The van der Waals surface area contributed by atoms with E-state index in [4.69, 9.17) is 4.74 Å². The average molecular weight is 546 g/mol. The smallest absolute Gasteiger partial charge is 0.194 e. The van der Waals surface area contributed by atoms with Crippen LogP contribution in [0.3, 0.4) is 0 Å². The molecule has 2 aliphatic rings. The number of hydrogen-bond donors (Lipinski definition) is 5. The lowest BCUT2D eigenvalue weighted by molar-refractivity contribution is -0.123. The zero-order valence-electron chi connectivity index (χ0n) is 22.2. The molecule has 1 atom stereocenters. The summed E-state index contributed by atoms with van der Waals surface area (Å²) in [5, 5.41) is 44.7. The van der Waals surface area contributed by atoms with Crippen LogP contribution in [0.2, 0.25) is 0 Å². The number of allylic oxidation sites excluding steroid dienone is 4. The van der Waals surface area contributed by atoms with Gasteiger partial charge in [-0.25, -0.2) is 0 Å². The van der Waals surface area contributed by atoms with Gasteiger partial charge in [0.1, 0.15) is 46.6 Å². The number of aromatic nitrogens is 3. The Morgan fingerprint density at radius 2 is 1.80 bits per heavy atom. The van der Waals surface area contributed by atoms with E-state index in [1.165, 1.54) is 33.4 Å². The third-order valence-corrected chi connectivity index (χ3v) is 7.23. The molecule has 0 spiro atoms. The number of aromatic hydroxyl groups is 2. The lowest BCUT2D eigenvalue weighted by atomic mass is 9.70. The van der Waals surface area contributed by atoms with Crippen molar-refractivity contribution in [3.8, 4) is 22.9 Å². The molecule has 0 saturated carbocycles. The molecule has 0 amide bonds. The van der Waals surface area contributed by atoms with Crippen molar-refractivity contribution in [2.24, 2.45) is 0 Å². The molecule has 2 heterocycles. The second-order valence-corrected chi connectivity index (χ2v) is 9.76. The lowest BCUT2D eigenvalue weighted by Crippen LogP contribution is -2.40. The van der Waals surface area contributed by atoms with Gasteiger partial charge < -0.3 is 30.7 Å². The minimum absolute atomic E-state index is 0.0157. The van der Waals surface area contributed by atoms with Gasteiger partial charge >= 0.3 is 0 Å². The normalized spacial score (nSPS) is 19.0. The maximum Gasteiger partial charge on any atom is 0.194 e. The maximum atomic E-state index is 14.1. The number of rotatable bonds is 7. The number of phenols is 2. The summed E-state index contributed by atoms with van der Waals surface area (Å²) >= 11 is 0. The first-order valence-electron chi connectivity index (χ1n) is 12.4. The van der Waals surface area contributed by atoms with E-state index in [9.17, 15) is 29.7 Å². The highest BCUT2D eigenvalue weighted by atomic mass is 16.5. The van der Waals surface area contributed by atoms with Crippen molar-refractivity contribution in [1.29, 1.82) is 0 Å². The number of ketones is 3. The molecule has 0 saturated heterocycles. The van der Waals surface area contributed by atoms with Gasteiger partial charge in [0.25, 0.3) is 0 Å². The summed E-state index contributed by atoms with van der Waals surface area (Å²) in [5.74, 6) is -2.83. The molecule has 12 heteroatoms. The van der Waals surface area contributed by atoms with Gasteiger partial charge in [-0.3, -0.25) is 19.0 Å². The first-order valence-corrected chi connectivity index (χ1v) is 12.4. The van der Waals surface area contributed by atoms with Crippen LogP contribution in [0, 0.1) is 6.92 Å². The van der Waals surface area contributed by atoms with Crippen molar-refractivity contribution in [2.75, 3.05) is 23.8 Å². The molecule has 1 aromatic heterocycles. The Kier molecular flexibility index (Phi) is 6.42. The van der Waals surface area contributed by atoms with Gasteiger partial charge in [-0.05, 0) is 45.9 Å². The summed E-state index contributed by atoms with van der Waals surface area (Å²) < 4.78 is 7.49. The van der Waals surface area contributed by atoms with Crippen molar-refractivity contribution < 1.29 is 34.4 Å². The number of ether oxygens (including phenoxy) is 1. The number of anilines is 2. The summed E-state index contributed by atoms with van der Waals surface area (Å²) in [6.07, 6.45) is 4.20. The van der Waals surface area contributed by atoms with E-state index in [2.05, 4.69) is 20.8 Å². The highest BCUT2D eigenvalue weighted by Crippen LogP contribution is 2.57. The van der Waals surface area contributed by atoms with Gasteiger partial charge in [-0.2, -0.15) is 0 Å². The Balaban J connectivity index is 1.63. The van der Waals surface area contributed by atoms with Gasteiger partial charge in [0.05, 0.1) is 34.8 Å². The predicted molar refractivity (Wildman–Crippen MR) is 144 cm³/mol. The van der Waals surface area contributed by atoms with Crippen LogP contribution in [-0.4, -0.2) is 60.6 Å². The van der Waals surface area contributed by atoms with Crippen molar-refractivity contribution in [1.82, 2.24) is 14.8 Å². The molecule has 5 N–H and O–H groups in total. The number of hydrogen-bond acceptors (Lipinski definition) is 11. The van der Waals surface area contributed by atoms with Crippen LogP contribution >= 0.6 is 0 Å². The standard InChI is InChI=1S/C28H27N5O7/c1-13-24(37)22(15(3)35)26-23(25(13)38)28(4)20(40-26)10-19(36)21(27(28)39)14(2)32-18-9-16(33-11-30-31-12-33)5-6-17(18)29-7-8-34/h5-6,9-12,29,32,34,37-38H,7-8H2,1-4H3/t28-/m0/s1. The number of fused-ring (bicyclic) bond motifs is 3. The Morgan fingerprint density at radius 1 is 1.10 bits per heavy atom. The molecule has 0 fully saturated rings. The maximum absolute atomic E-state index is 14.1. The van der Waals surface area contributed by atoms with Crippen LogP contribution in [0.5, 0.6) is 17.2 Å². The second-order valence-electron chi connectivity index (χ2n) is 9.76. The monoisotopic (exact) mass is 545 g/mol. The molecule has 0 unspecified atom stereocenters. The lowest BCUT2D eigenvalue weighted by Gasteiger charge is -2.29. The van der Waals surface area contributed by atoms with Crippen LogP contribution in [-0.2, 0) is 15.0 Å². The van der Waals surface area contributed by atoms with Gasteiger partial charge in [0.15, 0.2) is 17.3 Å². The molecule has 12 nitrogen and oxygen atoms in total. The topological polar surface area (TPSA) is 176 Å². The number of carbonyl (C=O) groups is 3. The number of aliphatic hydroxyl groups excluding tert-OH is 1. The van der Waals surface area contributed by atoms with Crippen molar-refractivity contribution in [2.45, 2.75) is 33.1 Å². The third-order valence-electron chi connectivity index (χ3n) is 7.23. The predicted octanol–water partition coefficient (Wildman–Crippen LogP) is 2.67. The van der Waals surface area contributed by atoms with E-state index in [1.54, 1.807) is 23.6 Å². The van der Waals surface area contributed by atoms with Crippen molar-refractivity contribution in [3.05, 3.63) is 70.6 Å². The Labute approximate surface area is 228 Å². The van der Waals surface area contributed by atoms with E-state index in [-0.39, 0.29) is 52.6 Å². The van der Waals surface area contributed by atoms with Gasteiger partial charge in [-0.1, -0.05) is 0 Å². The van der Waals surface area contributed by atoms with Crippen LogP contribution in [0.4, 0.5) is 11.4 Å². The molecule has 0 radical (unpaired) electrons. The van der Waals surface area contributed by atoms with Gasteiger partial charge in [-0.15, -0.1) is 10.2 Å². The first kappa shape index (κ1) is 26.6. The molecule has 5 rings (SSSR count). The number of carbonyl (C=O) groups excluding carboxylic acids is 3. The van der Waals surface area contributed by atoms with E-state index < -0.39 is 34.3 Å². The molecule has 206 valence electrons. The fourth-order valence-corrected chi connectivity index (χ4v) is 5.10. The Bertz CT molecular complexity index is 1660. The number of nitrogens with one attached hydrogen (secondary N) is 2. The molecule has 2 aromatic carbocycles. The van der Waals surface area contributed by atoms with E-state index in [0.717, 1.165) is 6.08 Å². The largest absolute Gasteiger partial charge is 0.507 e. The number of phenolic OH excluding ortho intramolecular Hbond substituents is 2. The van der Waals surface area contributed by atoms with Crippen LogP contribution in [0.25, 0.3) is 5.69 Å². The number of benzene rings is 2. The quantitative estimate of drug-likeness (QED) is 0.168. The molecule has 3 aromatic rings. The molecule has 1 aliphatic carbocycles. The summed E-state index contributed by atoms with van der Waals surface area (Å²) in [4.78, 5) is 39.8. The minimum atomic E-state index is -1.63. The van der Waals surface area contributed by atoms with E-state index in [0.29, 0.717) is 17.1 Å². The molecular formula is C28H27N5O7. The van der Waals surface area contributed by atoms with Gasteiger partial charge in [0, 0.05) is 23.9 Å². The highest BCUT2D eigenvalue weighted by molar-refractivity contribution is 6.31. The first-order chi connectivity index (χ1) is 19.0. The minimum Gasteiger partial charge on any atom is -0.507 e. The highest BCUT2D eigenvalue weighted by Gasteiger charge is 2.56. The third kappa shape index (κ3) is 3.92. The Morgan fingerprint density at radius 3 is 2.45 bits per heavy atom. The van der Waals surface area contributed by atoms with Gasteiger partial charge in [0.2, 0.25) is 0 Å². The van der Waals surface area contributed by atoms with Crippen molar-refractivity contribution in [3.63, 3.8) is 0 Å². The van der Waals surface area contributed by atoms with Crippen LogP contribution in [0.1, 0.15) is 42.3 Å². The number of Topliss-reactive ketones (excluding diaryl/α,β-unsaturated/α-hetero) is 2. The molecule has 1 aliphatic heterocycles. The summed E-state index contributed by atoms with van der Waals surface area (Å²) in [5.41, 5.74) is 0.112. The van der Waals surface area contributed by atoms with E-state index in [1.807, 2.05) is 6.07 Å². The number of aliphatic hydroxyl groups is 1. The fraction of sp³-hybridized carbons (Fsp3) is 0.250. The van der Waals surface area contributed by atoms with Crippen LogP contribution in [0.15, 0.2) is 54.0 Å². The number of nitrogens with zero attached hydrogens (tertiary/aromatic N) is 3. The second kappa shape index (κ2) is 9.65. The van der Waals surface area contributed by atoms with E-state index >= 15 is 0 Å². The SMILES string of the molecule is CC(=O)c1c(O)c(C)c(O)c2c1OC1=CC(=O)C(=C(C)Nc3cc(-n4cnnc4)ccc3NCCO)C(=O)[C@@]12C. The Hall–Kier alpha value is -4.97.